The molecule has 1 N–H and O–H groups in total. The molecule has 1 fully saturated rings. The van der Waals surface area contributed by atoms with Gasteiger partial charge in [0.25, 0.3) is 0 Å². The third kappa shape index (κ3) is 2.55. The molecule has 1 unspecified atom stereocenters. The third-order valence-electron chi connectivity index (χ3n) is 3.47. The molecule has 3 nitrogen and oxygen atoms in total. The predicted molar refractivity (Wildman–Crippen MR) is 73.7 cm³/mol. The van der Waals surface area contributed by atoms with Crippen molar-refractivity contribution in [1.29, 1.82) is 0 Å². The van der Waals surface area contributed by atoms with Crippen LogP contribution in [0.2, 0.25) is 0 Å². The Kier molecular flexibility index (Phi) is 3.05. The second-order valence-electron chi connectivity index (χ2n) is 5.13. The van der Waals surface area contributed by atoms with Crippen LogP contribution < -0.4 is 5.32 Å². The Labute approximate surface area is 108 Å². The topological polar surface area (TPSA) is 29.9 Å². The van der Waals surface area contributed by atoms with Crippen LogP contribution in [0, 0.1) is 0 Å². The van der Waals surface area contributed by atoms with Gasteiger partial charge in [0.2, 0.25) is 5.95 Å². The van der Waals surface area contributed by atoms with E-state index in [4.69, 9.17) is 0 Å². The minimum Gasteiger partial charge on any atom is -0.353 e. The normalized spacial score (nSPS) is 16.5. The molecule has 0 aliphatic heterocycles. The maximum absolute atomic E-state index is 4.39. The smallest absolute Gasteiger partial charge is 0.203 e. The summed E-state index contributed by atoms with van der Waals surface area (Å²) >= 11 is 0. The molecule has 2 aromatic rings. The van der Waals surface area contributed by atoms with Crippen LogP contribution in [-0.2, 0) is 6.54 Å². The molecular weight excluding hydrogens is 222 g/mol. The second-order valence-corrected chi connectivity index (χ2v) is 5.13. The summed E-state index contributed by atoms with van der Waals surface area (Å²) in [5.74, 6) is 1.51. The summed E-state index contributed by atoms with van der Waals surface area (Å²) in [5, 5.41) is 3.47. The van der Waals surface area contributed by atoms with Crippen molar-refractivity contribution in [3.8, 4) is 0 Å². The minimum atomic E-state index is 0.500. The van der Waals surface area contributed by atoms with Gasteiger partial charge >= 0.3 is 0 Å². The first kappa shape index (κ1) is 11.3. The van der Waals surface area contributed by atoms with Crippen molar-refractivity contribution >= 4 is 5.95 Å². The van der Waals surface area contributed by atoms with Gasteiger partial charge < -0.3 is 9.88 Å². The zero-order valence-electron chi connectivity index (χ0n) is 10.7. The molecule has 1 aromatic heterocycles. The Morgan fingerprint density at radius 2 is 2.11 bits per heavy atom. The second kappa shape index (κ2) is 4.84. The number of benzene rings is 1. The zero-order valence-corrected chi connectivity index (χ0v) is 10.7. The lowest BCUT2D eigenvalue weighted by molar-refractivity contribution is 0.600. The van der Waals surface area contributed by atoms with Gasteiger partial charge in [0.1, 0.15) is 0 Å². The molecule has 0 amide bonds. The average molecular weight is 241 g/mol. The molecule has 3 rings (SSSR count). The van der Waals surface area contributed by atoms with E-state index in [-0.39, 0.29) is 0 Å². The van der Waals surface area contributed by atoms with Crippen LogP contribution in [0.4, 0.5) is 5.95 Å². The number of anilines is 1. The summed E-state index contributed by atoms with van der Waals surface area (Å²) in [6.45, 7) is 3.23. The molecule has 1 atom stereocenters. The molecule has 0 saturated heterocycles. The van der Waals surface area contributed by atoms with Crippen molar-refractivity contribution in [2.75, 3.05) is 5.32 Å². The number of hydrogen-bond acceptors (Lipinski definition) is 2. The van der Waals surface area contributed by atoms with Crippen molar-refractivity contribution < 1.29 is 0 Å². The van der Waals surface area contributed by atoms with Gasteiger partial charge in [-0.05, 0) is 24.3 Å². The quantitative estimate of drug-likeness (QED) is 0.870. The Balaban J connectivity index is 1.70. The molecule has 3 heteroatoms. The van der Waals surface area contributed by atoms with Crippen LogP contribution in [0.5, 0.6) is 0 Å². The molecule has 18 heavy (non-hydrogen) atoms. The van der Waals surface area contributed by atoms with E-state index in [1.807, 2.05) is 6.20 Å². The summed E-state index contributed by atoms with van der Waals surface area (Å²) < 4.78 is 2.22. The first-order chi connectivity index (χ1) is 8.83. The van der Waals surface area contributed by atoms with Crippen LogP contribution in [-0.4, -0.2) is 15.6 Å². The first-order valence-corrected chi connectivity index (χ1v) is 6.65. The van der Waals surface area contributed by atoms with Crippen molar-refractivity contribution in [2.45, 2.75) is 38.3 Å². The van der Waals surface area contributed by atoms with Crippen LogP contribution in [0.15, 0.2) is 42.7 Å². The van der Waals surface area contributed by atoms with Crippen molar-refractivity contribution in [3.05, 3.63) is 48.3 Å². The molecule has 1 aliphatic carbocycles. The lowest BCUT2D eigenvalue weighted by Gasteiger charge is -2.15. The predicted octanol–water partition coefficient (Wildman–Crippen LogP) is 3.26. The fraction of sp³-hybridized carbons (Fsp3) is 0.400. The SMILES string of the molecule is CC(Cn1ccnc1NC1CC1)c1ccccc1. The number of nitrogens with one attached hydrogen (secondary N) is 1. The highest BCUT2D eigenvalue weighted by Crippen LogP contribution is 2.25. The molecule has 0 spiro atoms. The number of aromatic nitrogens is 2. The highest BCUT2D eigenvalue weighted by Gasteiger charge is 2.22. The molecular formula is C15H19N3. The number of rotatable bonds is 5. The fourth-order valence-corrected chi connectivity index (χ4v) is 2.19. The molecule has 1 heterocycles. The summed E-state index contributed by atoms with van der Waals surface area (Å²) in [5.41, 5.74) is 1.38. The van der Waals surface area contributed by atoms with E-state index in [9.17, 15) is 0 Å². The van der Waals surface area contributed by atoms with Crippen LogP contribution in [0.25, 0.3) is 0 Å². The van der Waals surface area contributed by atoms with Crippen molar-refractivity contribution in [1.82, 2.24) is 9.55 Å². The molecule has 1 aliphatic rings. The Hall–Kier alpha value is -1.77. The number of nitrogens with zero attached hydrogens (tertiary/aromatic N) is 2. The van der Waals surface area contributed by atoms with E-state index in [1.54, 1.807) is 0 Å². The Bertz CT molecular complexity index is 499. The molecule has 0 radical (unpaired) electrons. The minimum absolute atomic E-state index is 0.500. The lowest BCUT2D eigenvalue weighted by atomic mass is 10.0. The van der Waals surface area contributed by atoms with E-state index in [0.717, 1.165) is 12.5 Å². The zero-order chi connectivity index (χ0) is 12.4. The van der Waals surface area contributed by atoms with Gasteiger partial charge in [-0.25, -0.2) is 4.98 Å². The standard InChI is InChI=1S/C15H19N3/c1-12(13-5-3-2-4-6-13)11-18-10-9-16-15(18)17-14-7-8-14/h2-6,9-10,12,14H,7-8,11H2,1H3,(H,16,17). The third-order valence-corrected chi connectivity index (χ3v) is 3.47. The van der Waals surface area contributed by atoms with E-state index >= 15 is 0 Å². The van der Waals surface area contributed by atoms with Crippen LogP contribution in [0.3, 0.4) is 0 Å². The van der Waals surface area contributed by atoms with Crippen LogP contribution in [0.1, 0.15) is 31.2 Å². The largest absolute Gasteiger partial charge is 0.353 e. The number of hydrogen-bond donors (Lipinski definition) is 1. The van der Waals surface area contributed by atoms with E-state index < -0.39 is 0 Å². The maximum Gasteiger partial charge on any atom is 0.203 e. The molecule has 1 saturated carbocycles. The Morgan fingerprint density at radius 1 is 1.33 bits per heavy atom. The molecule has 94 valence electrons. The van der Waals surface area contributed by atoms with Crippen molar-refractivity contribution in [2.24, 2.45) is 0 Å². The summed E-state index contributed by atoms with van der Waals surface area (Å²) in [6.07, 6.45) is 6.49. The van der Waals surface area contributed by atoms with Gasteiger partial charge in [-0.3, -0.25) is 0 Å². The van der Waals surface area contributed by atoms with Gasteiger partial charge in [0.05, 0.1) is 0 Å². The fourth-order valence-electron chi connectivity index (χ4n) is 2.19. The first-order valence-electron chi connectivity index (χ1n) is 6.65. The Morgan fingerprint density at radius 3 is 2.83 bits per heavy atom. The summed E-state index contributed by atoms with van der Waals surface area (Å²) in [6, 6.07) is 11.3. The highest BCUT2D eigenvalue weighted by atomic mass is 15.2. The summed E-state index contributed by atoms with van der Waals surface area (Å²) in [7, 11) is 0. The van der Waals surface area contributed by atoms with Gasteiger partial charge in [-0.2, -0.15) is 0 Å². The maximum atomic E-state index is 4.39. The highest BCUT2D eigenvalue weighted by molar-refractivity contribution is 5.30. The monoisotopic (exact) mass is 241 g/mol. The van der Waals surface area contributed by atoms with Crippen molar-refractivity contribution in [3.63, 3.8) is 0 Å². The van der Waals surface area contributed by atoms with Crippen LogP contribution >= 0.6 is 0 Å². The average Bonchev–Trinajstić information content (AvgIpc) is 3.11. The number of imidazole rings is 1. The van der Waals surface area contributed by atoms with Gasteiger partial charge in [-0.15, -0.1) is 0 Å². The van der Waals surface area contributed by atoms with Gasteiger partial charge in [0.15, 0.2) is 0 Å². The van der Waals surface area contributed by atoms with Gasteiger partial charge in [0, 0.05) is 25.0 Å². The van der Waals surface area contributed by atoms with E-state index in [2.05, 4.69) is 58.3 Å². The summed E-state index contributed by atoms with van der Waals surface area (Å²) in [4.78, 5) is 4.39. The van der Waals surface area contributed by atoms with E-state index in [0.29, 0.717) is 12.0 Å². The lowest BCUT2D eigenvalue weighted by Crippen LogP contribution is -2.12. The van der Waals surface area contributed by atoms with Gasteiger partial charge in [-0.1, -0.05) is 37.3 Å². The molecule has 1 aromatic carbocycles. The van der Waals surface area contributed by atoms with E-state index in [1.165, 1.54) is 18.4 Å². The molecule has 0 bridgehead atoms.